The van der Waals surface area contributed by atoms with Crippen LogP contribution in [0.2, 0.25) is 0 Å². The molecule has 0 aliphatic rings. The van der Waals surface area contributed by atoms with Crippen LogP contribution in [0.1, 0.15) is 25.1 Å². The molecule has 0 aliphatic heterocycles. The molecule has 0 radical (unpaired) electrons. The van der Waals surface area contributed by atoms with Gasteiger partial charge in [-0.1, -0.05) is 29.8 Å². The van der Waals surface area contributed by atoms with Gasteiger partial charge in [0.15, 0.2) is 0 Å². The number of nitrogens with one attached hydrogen (secondary N) is 1. The molecule has 1 aromatic heterocycles. The van der Waals surface area contributed by atoms with E-state index in [1.54, 1.807) is 6.33 Å². The summed E-state index contributed by atoms with van der Waals surface area (Å²) in [5.41, 5.74) is 1.90. The summed E-state index contributed by atoms with van der Waals surface area (Å²) in [5.74, 6) is -0.230. The summed E-state index contributed by atoms with van der Waals surface area (Å²) in [6.45, 7) is 5.56. The zero-order valence-corrected chi connectivity index (χ0v) is 12.6. The van der Waals surface area contributed by atoms with Gasteiger partial charge in [0, 0.05) is 29.8 Å². The number of imidazole rings is 1. The highest BCUT2D eigenvalue weighted by Crippen LogP contribution is 2.16. The normalized spacial score (nSPS) is 11.2. The van der Waals surface area contributed by atoms with E-state index in [1.165, 1.54) is 12.1 Å². The summed E-state index contributed by atoms with van der Waals surface area (Å²) >= 11 is 3.30. The average Bonchev–Trinajstić information content (AvgIpc) is 2.72. The van der Waals surface area contributed by atoms with Crippen LogP contribution >= 0.6 is 15.9 Å². The van der Waals surface area contributed by atoms with E-state index in [0.717, 1.165) is 22.3 Å². The van der Waals surface area contributed by atoms with Gasteiger partial charge in [-0.05, 0) is 23.8 Å². The van der Waals surface area contributed by atoms with Crippen molar-refractivity contribution in [1.29, 1.82) is 0 Å². The van der Waals surface area contributed by atoms with Gasteiger partial charge in [0.05, 0.1) is 12.0 Å². The minimum Gasteiger partial charge on any atom is -0.333 e. The van der Waals surface area contributed by atoms with Crippen molar-refractivity contribution < 1.29 is 4.39 Å². The van der Waals surface area contributed by atoms with Crippen molar-refractivity contribution in [2.75, 3.05) is 0 Å². The molecule has 1 aromatic carbocycles. The van der Waals surface area contributed by atoms with Crippen LogP contribution in [0.25, 0.3) is 0 Å². The van der Waals surface area contributed by atoms with Crippen molar-refractivity contribution in [2.45, 2.75) is 33.0 Å². The van der Waals surface area contributed by atoms with Crippen LogP contribution in [0, 0.1) is 5.82 Å². The standard InChI is InChI=1S/C14H17BrFN3/c1-10(2)17-6-14-8-19(9-18-14)7-11-3-12(15)5-13(16)4-11/h3-5,8-10,17H,6-7H2,1-2H3. The van der Waals surface area contributed by atoms with Gasteiger partial charge in [-0.2, -0.15) is 0 Å². The van der Waals surface area contributed by atoms with Crippen LogP contribution in [-0.2, 0) is 13.1 Å². The second kappa shape index (κ2) is 6.30. The summed E-state index contributed by atoms with van der Waals surface area (Å²) in [6.07, 6.45) is 3.75. The molecule has 1 heterocycles. The van der Waals surface area contributed by atoms with Crippen molar-refractivity contribution in [2.24, 2.45) is 0 Å². The third-order valence-electron chi connectivity index (χ3n) is 2.67. The van der Waals surface area contributed by atoms with Gasteiger partial charge in [-0.15, -0.1) is 0 Å². The molecule has 0 amide bonds. The highest BCUT2D eigenvalue weighted by molar-refractivity contribution is 9.10. The Morgan fingerprint density at radius 2 is 2.16 bits per heavy atom. The Morgan fingerprint density at radius 3 is 2.84 bits per heavy atom. The summed E-state index contributed by atoms with van der Waals surface area (Å²) in [5, 5.41) is 3.31. The molecule has 2 rings (SSSR count). The van der Waals surface area contributed by atoms with E-state index in [9.17, 15) is 4.39 Å². The Kier molecular flexibility index (Phi) is 4.71. The van der Waals surface area contributed by atoms with Gasteiger partial charge in [0.1, 0.15) is 5.82 Å². The number of aromatic nitrogens is 2. The summed E-state index contributed by atoms with van der Waals surface area (Å²) in [4.78, 5) is 4.32. The molecule has 0 fully saturated rings. The molecule has 0 atom stereocenters. The van der Waals surface area contributed by atoms with Crippen LogP contribution in [0.15, 0.2) is 35.2 Å². The van der Waals surface area contributed by atoms with Crippen molar-refractivity contribution in [1.82, 2.24) is 14.9 Å². The fourth-order valence-corrected chi connectivity index (χ4v) is 2.32. The molecule has 19 heavy (non-hydrogen) atoms. The van der Waals surface area contributed by atoms with Crippen molar-refractivity contribution in [3.05, 3.63) is 52.3 Å². The van der Waals surface area contributed by atoms with Crippen molar-refractivity contribution >= 4 is 15.9 Å². The Hall–Kier alpha value is -1.20. The smallest absolute Gasteiger partial charge is 0.124 e. The molecule has 1 N–H and O–H groups in total. The lowest BCUT2D eigenvalue weighted by molar-refractivity contribution is 0.582. The number of rotatable bonds is 5. The molecule has 2 aromatic rings. The van der Waals surface area contributed by atoms with E-state index in [4.69, 9.17) is 0 Å². The molecule has 0 saturated carbocycles. The van der Waals surface area contributed by atoms with E-state index in [0.29, 0.717) is 12.6 Å². The van der Waals surface area contributed by atoms with Gasteiger partial charge in [0.2, 0.25) is 0 Å². The first kappa shape index (κ1) is 14.2. The fourth-order valence-electron chi connectivity index (χ4n) is 1.81. The SMILES string of the molecule is CC(C)NCc1cn(Cc2cc(F)cc(Br)c2)cn1. The van der Waals surface area contributed by atoms with E-state index in [1.807, 2.05) is 16.8 Å². The molecular formula is C14H17BrFN3. The number of hydrogen-bond acceptors (Lipinski definition) is 2. The number of nitrogens with zero attached hydrogens (tertiary/aromatic N) is 2. The van der Waals surface area contributed by atoms with Crippen molar-refractivity contribution in [3.8, 4) is 0 Å². The molecule has 0 aliphatic carbocycles. The van der Waals surface area contributed by atoms with E-state index < -0.39 is 0 Å². The highest BCUT2D eigenvalue weighted by Gasteiger charge is 2.03. The van der Waals surface area contributed by atoms with Crippen LogP contribution in [0.5, 0.6) is 0 Å². The predicted octanol–water partition coefficient (Wildman–Crippen LogP) is 3.33. The van der Waals surface area contributed by atoms with Crippen LogP contribution in [0.4, 0.5) is 4.39 Å². The number of benzene rings is 1. The third kappa shape index (κ3) is 4.44. The molecule has 0 unspecified atom stereocenters. The Labute approximate surface area is 121 Å². The Bertz CT molecular complexity index is 531. The van der Waals surface area contributed by atoms with Gasteiger partial charge in [-0.25, -0.2) is 9.37 Å². The van der Waals surface area contributed by atoms with Gasteiger partial charge >= 0.3 is 0 Å². The molecule has 5 heteroatoms. The lowest BCUT2D eigenvalue weighted by Gasteiger charge is -2.05. The Morgan fingerprint density at radius 1 is 1.37 bits per heavy atom. The number of hydrogen-bond donors (Lipinski definition) is 1. The minimum atomic E-state index is -0.230. The largest absolute Gasteiger partial charge is 0.333 e. The third-order valence-corrected chi connectivity index (χ3v) is 3.12. The maximum absolute atomic E-state index is 13.3. The molecule has 0 spiro atoms. The fraction of sp³-hybridized carbons (Fsp3) is 0.357. The number of halogens is 2. The van der Waals surface area contributed by atoms with Crippen LogP contribution in [0.3, 0.4) is 0 Å². The lowest BCUT2D eigenvalue weighted by Crippen LogP contribution is -2.21. The quantitative estimate of drug-likeness (QED) is 0.913. The summed E-state index contributed by atoms with van der Waals surface area (Å²) < 4.78 is 16.0. The van der Waals surface area contributed by atoms with Crippen LogP contribution in [-0.4, -0.2) is 15.6 Å². The second-order valence-electron chi connectivity index (χ2n) is 4.85. The average molecular weight is 326 g/mol. The zero-order chi connectivity index (χ0) is 13.8. The first-order valence-corrected chi connectivity index (χ1v) is 7.01. The van der Waals surface area contributed by atoms with E-state index in [2.05, 4.69) is 40.1 Å². The first-order chi connectivity index (χ1) is 9.02. The monoisotopic (exact) mass is 325 g/mol. The summed E-state index contributed by atoms with van der Waals surface area (Å²) in [6, 6.07) is 5.34. The predicted molar refractivity (Wildman–Crippen MR) is 77.4 cm³/mol. The lowest BCUT2D eigenvalue weighted by atomic mass is 10.2. The van der Waals surface area contributed by atoms with Gasteiger partial charge < -0.3 is 9.88 Å². The topological polar surface area (TPSA) is 29.9 Å². The maximum atomic E-state index is 13.3. The van der Waals surface area contributed by atoms with E-state index >= 15 is 0 Å². The maximum Gasteiger partial charge on any atom is 0.124 e. The van der Waals surface area contributed by atoms with E-state index in [-0.39, 0.29) is 5.82 Å². The zero-order valence-electron chi connectivity index (χ0n) is 11.0. The minimum absolute atomic E-state index is 0.230. The molecular weight excluding hydrogens is 309 g/mol. The molecule has 102 valence electrons. The highest BCUT2D eigenvalue weighted by atomic mass is 79.9. The summed E-state index contributed by atoms with van der Waals surface area (Å²) in [7, 11) is 0. The first-order valence-electron chi connectivity index (χ1n) is 6.22. The van der Waals surface area contributed by atoms with Gasteiger partial charge in [-0.3, -0.25) is 0 Å². The second-order valence-corrected chi connectivity index (χ2v) is 5.77. The molecule has 3 nitrogen and oxygen atoms in total. The van der Waals surface area contributed by atoms with Crippen LogP contribution < -0.4 is 5.32 Å². The Balaban J connectivity index is 2.03. The molecule has 0 bridgehead atoms. The van der Waals surface area contributed by atoms with Gasteiger partial charge in [0.25, 0.3) is 0 Å². The molecule has 0 saturated heterocycles. The van der Waals surface area contributed by atoms with Crippen molar-refractivity contribution in [3.63, 3.8) is 0 Å².